The molecule has 1 aromatic rings. The Bertz CT molecular complexity index is 580. The number of hydrogen-bond donors (Lipinski definition) is 1. The van der Waals surface area contributed by atoms with Crippen molar-refractivity contribution in [3.05, 3.63) is 29.8 Å². The van der Waals surface area contributed by atoms with E-state index in [4.69, 9.17) is 14.6 Å². The fraction of sp³-hybridized carbons (Fsp3) is 0.609. The van der Waals surface area contributed by atoms with Crippen LogP contribution in [0.2, 0.25) is 0 Å². The topological polar surface area (TPSA) is 55.8 Å². The van der Waals surface area contributed by atoms with Crippen LogP contribution >= 0.6 is 0 Å². The summed E-state index contributed by atoms with van der Waals surface area (Å²) in [6.45, 7) is 8.54. The van der Waals surface area contributed by atoms with Crippen LogP contribution in [0.25, 0.3) is 6.08 Å². The van der Waals surface area contributed by atoms with Gasteiger partial charge in [0.1, 0.15) is 0 Å². The summed E-state index contributed by atoms with van der Waals surface area (Å²) >= 11 is 0. The molecule has 0 saturated carbocycles. The van der Waals surface area contributed by atoms with Gasteiger partial charge >= 0.3 is 5.97 Å². The van der Waals surface area contributed by atoms with E-state index in [1.807, 2.05) is 18.2 Å². The lowest BCUT2D eigenvalue weighted by molar-refractivity contribution is -0.131. The Labute approximate surface area is 164 Å². The summed E-state index contributed by atoms with van der Waals surface area (Å²) in [5.41, 5.74) is 0.791. The molecule has 0 fully saturated rings. The number of rotatable bonds is 14. The Kier molecular flexibility index (Phi) is 11.3. The number of hydrogen-bond acceptors (Lipinski definition) is 3. The average molecular weight is 377 g/mol. The first-order valence-corrected chi connectivity index (χ1v) is 10.3. The van der Waals surface area contributed by atoms with Crippen LogP contribution in [-0.4, -0.2) is 23.3 Å². The van der Waals surface area contributed by atoms with E-state index < -0.39 is 5.97 Å². The summed E-state index contributed by atoms with van der Waals surface area (Å²) in [6.07, 6.45) is 12.0. The van der Waals surface area contributed by atoms with Gasteiger partial charge in [-0.15, -0.1) is 0 Å². The maximum Gasteiger partial charge on any atom is 0.328 e. The van der Waals surface area contributed by atoms with Crippen molar-refractivity contribution in [3.63, 3.8) is 0 Å². The molecule has 0 aliphatic heterocycles. The van der Waals surface area contributed by atoms with Gasteiger partial charge < -0.3 is 14.6 Å². The molecular weight excluding hydrogens is 340 g/mol. The molecule has 0 spiro atoms. The minimum Gasteiger partial charge on any atom is -0.487 e. The fourth-order valence-electron chi connectivity index (χ4n) is 2.90. The zero-order valence-corrected chi connectivity index (χ0v) is 17.4. The van der Waals surface area contributed by atoms with Crippen molar-refractivity contribution in [3.8, 4) is 11.5 Å². The minimum absolute atomic E-state index is 0.0907. The average Bonchev–Trinajstić information content (AvgIpc) is 2.62. The van der Waals surface area contributed by atoms with E-state index in [9.17, 15) is 4.79 Å². The Morgan fingerprint density at radius 1 is 0.963 bits per heavy atom. The highest BCUT2D eigenvalue weighted by atomic mass is 16.5. The standard InChI is InChI=1S/C23H36O4/c1-5-7-9-11-18(3)26-21-15-13-20(14-16-23(24)25)17-22(21)27-19(4)12-10-8-6-2/h13-19H,5-12H2,1-4H3,(H,24,25)/b16-14+. The summed E-state index contributed by atoms with van der Waals surface area (Å²) in [6, 6.07) is 5.61. The second kappa shape index (κ2) is 13.2. The first-order valence-electron chi connectivity index (χ1n) is 10.3. The van der Waals surface area contributed by atoms with Crippen molar-refractivity contribution in [2.24, 2.45) is 0 Å². The molecule has 4 heteroatoms. The highest BCUT2D eigenvalue weighted by molar-refractivity contribution is 5.85. The van der Waals surface area contributed by atoms with Crippen molar-refractivity contribution in [2.45, 2.75) is 91.3 Å². The predicted molar refractivity (Wildman–Crippen MR) is 112 cm³/mol. The molecule has 1 N–H and O–H groups in total. The molecule has 0 bridgehead atoms. The molecule has 0 radical (unpaired) electrons. The molecule has 0 aliphatic rings. The van der Waals surface area contributed by atoms with E-state index in [0.717, 1.165) is 43.1 Å². The number of carbonyl (C=O) groups is 1. The van der Waals surface area contributed by atoms with Gasteiger partial charge in [0.2, 0.25) is 0 Å². The van der Waals surface area contributed by atoms with E-state index >= 15 is 0 Å². The number of ether oxygens (including phenoxy) is 2. The smallest absolute Gasteiger partial charge is 0.328 e. The third-order valence-electron chi connectivity index (χ3n) is 4.47. The second-order valence-electron chi connectivity index (χ2n) is 7.23. The van der Waals surface area contributed by atoms with E-state index in [2.05, 4.69) is 27.7 Å². The quantitative estimate of drug-likeness (QED) is 0.298. The van der Waals surface area contributed by atoms with Crippen LogP contribution in [0.5, 0.6) is 11.5 Å². The molecule has 0 aliphatic carbocycles. The van der Waals surface area contributed by atoms with Crippen molar-refractivity contribution in [2.75, 3.05) is 0 Å². The van der Waals surface area contributed by atoms with Gasteiger partial charge in [-0.2, -0.15) is 0 Å². The van der Waals surface area contributed by atoms with Crippen LogP contribution in [0.3, 0.4) is 0 Å². The van der Waals surface area contributed by atoms with Crippen LogP contribution in [0.4, 0.5) is 0 Å². The first-order chi connectivity index (χ1) is 13.0. The van der Waals surface area contributed by atoms with Crippen molar-refractivity contribution in [1.29, 1.82) is 0 Å². The van der Waals surface area contributed by atoms with Crippen molar-refractivity contribution in [1.82, 2.24) is 0 Å². The molecule has 2 unspecified atom stereocenters. The van der Waals surface area contributed by atoms with Gasteiger partial charge in [0.05, 0.1) is 12.2 Å². The number of carboxylic acid groups (broad SMARTS) is 1. The molecule has 152 valence electrons. The fourth-order valence-corrected chi connectivity index (χ4v) is 2.90. The second-order valence-corrected chi connectivity index (χ2v) is 7.23. The maximum absolute atomic E-state index is 10.8. The Morgan fingerprint density at radius 2 is 1.52 bits per heavy atom. The van der Waals surface area contributed by atoms with E-state index in [0.29, 0.717) is 5.75 Å². The summed E-state index contributed by atoms with van der Waals surface area (Å²) < 4.78 is 12.3. The van der Waals surface area contributed by atoms with Crippen LogP contribution < -0.4 is 9.47 Å². The molecule has 27 heavy (non-hydrogen) atoms. The molecule has 0 saturated heterocycles. The van der Waals surface area contributed by atoms with Gasteiger partial charge in [0.25, 0.3) is 0 Å². The Morgan fingerprint density at radius 3 is 2.04 bits per heavy atom. The number of carboxylic acids is 1. The molecule has 1 aromatic carbocycles. The Balaban J connectivity index is 2.86. The molecule has 4 nitrogen and oxygen atoms in total. The normalized spacial score (nSPS) is 13.5. The minimum atomic E-state index is -0.963. The third-order valence-corrected chi connectivity index (χ3v) is 4.47. The molecule has 2 atom stereocenters. The van der Waals surface area contributed by atoms with Crippen LogP contribution in [0, 0.1) is 0 Å². The van der Waals surface area contributed by atoms with Crippen LogP contribution in [0.15, 0.2) is 24.3 Å². The summed E-state index contributed by atoms with van der Waals surface area (Å²) in [4.78, 5) is 10.8. The van der Waals surface area contributed by atoms with Gasteiger partial charge in [-0.05, 0) is 63.3 Å². The highest BCUT2D eigenvalue weighted by Crippen LogP contribution is 2.32. The molecule has 0 heterocycles. The molecule has 0 aromatic heterocycles. The zero-order chi connectivity index (χ0) is 20.1. The van der Waals surface area contributed by atoms with Gasteiger partial charge in [0.15, 0.2) is 11.5 Å². The van der Waals surface area contributed by atoms with Crippen molar-refractivity contribution >= 4 is 12.0 Å². The number of aliphatic carboxylic acids is 1. The molecular formula is C23H36O4. The summed E-state index contributed by atoms with van der Waals surface area (Å²) in [5, 5.41) is 8.84. The van der Waals surface area contributed by atoms with Crippen LogP contribution in [0.1, 0.15) is 84.6 Å². The van der Waals surface area contributed by atoms with E-state index in [1.165, 1.54) is 25.7 Å². The zero-order valence-electron chi connectivity index (χ0n) is 17.4. The molecule has 0 amide bonds. The number of unbranched alkanes of at least 4 members (excludes halogenated alkanes) is 4. The lowest BCUT2D eigenvalue weighted by Crippen LogP contribution is -2.15. The summed E-state index contributed by atoms with van der Waals surface area (Å²) in [7, 11) is 0. The highest BCUT2D eigenvalue weighted by Gasteiger charge is 2.13. The van der Waals surface area contributed by atoms with E-state index in [-0.39, 0.29) is 12.2 Å². The van der Waals surface area contributed by atoms with Crippen LogP contribution in [-0.2, 0) is 4.79 Å². The summed E-state index contributed by atoms with van der Waals surface area (Å²) in [5.74, 6) is 0.456. The SMILES string of the molecule is CCCCCC(C)Oc1ccc(/C=C/C(=O)O)cc1OC(C)CCCCC. The van der Waals surface area contributed by atoms with E-state index in [1.54, 1.807) is 6.08 Å². The largest absolute Gasteiger partial charge is 0.487 e. The lowest BCUT2D eigenvalue weighted by Gasteiger charge is -2.21. The Hall–Kier alpha value is -1.97. The van der Waals surface area contributed by atoms with Gasteiger partial charge in [-0.3, -0.25) is 0 Å². The first kappa shape index (κ1) is 23.1. The lowest BCUT2D eigenvalue weighted by atomic mass is 10.1. The van der Waals surface area contributed by atoms with Gasteiger partial charge in [-0.25, -0.2) is 4.79 Å². The molecule has 1 rings (SSSR count). The predicted octanol–water partition coefficient (Wildman–Crippen LogP) is 6.48. The number of benzene rings is 1. The third kappa shape index (κ3) is 10.1. The van der Waals surface area contributed by atoms with Gasteiger partial charge in [0, 0.05) is 6.08 Å². The maximum atomic E-state index is 10.8. The monoisotopic (exact) mass is 376 g/mol. The van der Waals surface area contributed by atoms with Crippen molar-refractivity contribution < 1.29 is 19.4 Å². The van der Waals surface area contributed by atoms with Gasteiger partial charge in [-0.1, -0.05) is 45.6 Å².